The fourth-order valence-electron chi connectivity index (χ4n) is 0.446. The van der Waals surface area contributed by atoms with Crippen LogP contribution in [-0.4, -0.2) is 9.55 Å². The zero-order valence-corrected chi connectivity index (χ0v) is 5.53. The van der Waals surface area contributed by atoms with Crippen molar-refractivity contribution in [3.63, 3.8) is 0 Å². The minimum Gasteiger partial charge on any atom is -0.263 e. The van der Waals surface area contributed by atoms with Gasteiger partial charge in [0, 0.05) is 12.4 Å². The first-order valence-corrected chi connectivity index (χ1v) is 4.08. The summed E-state index contributed by atoms with van der Waals surface area (Å²) in [5.41, 5.74) is 10.1. The molecule has 0 unspecified atom stereocenters. The highest BCUT2D eigenvalue weighted by molar-refractivity contribution is 7.57. The van der Waals surface area contributed by atoms with E-state index >= 15 is 0 Å². The second-order valence-electron chi connectivity index (χ2n) is 1.60. The largest absolute Gasteiger partial charge is 0.319 e. The van der Waals surface area contributed by atoms with Crippen molar-refractivity contribution in [2.24, 2.45) is 11.0 Å². The Balaban J connectivity index is 3.04. The minimum absolute atomic E-state index is 1.05. The van der Waals surface area contributed by atoms with Crippen molar-refractivity contribution in [2.75, 3.05) is 0 Å². The zero-order valence-electron chi connectivity index (χ0n) is 4.64. The Morgan fingerprint density at radius 2 is 2.22 bits per heavy atom. The second kappa shape index (κ2) is 1.95. The van der Waals surface area contributed by atoms with E-state index in [1.807, 2.05) is 0 Å². The molecule has 0 aliphatic carbocycles. The lowest BCUT2D eigenvalue weighted by molar-refractivity contribution is 0.565. The molecule has 0 radical (unpaired) electrons. The van der Waals surface area contributed by atoms with Crippen LogP contribution < -0.4 is 11.0 Å². The maximum absolute atomic E-state index is 10.7. The van der Waals surface area contributed by atoms with Crippen LogP contribution in [0.3, 0.4) is 0 Å². The van der Waals surface area contributed by atoms with E-state index in [0.29, 0.717) is 0 Å². The molecule has 1 heterocycles. The van der Waals surface area contributed by atoms with Gasteiger partial charge in [0.05, 0.1) is 0 Å². The Morgan fingerprint density at radius 1 is 1.56 bits per heavy atom. The molecule has 0 atom stereocenters. The molecule has 1 rings (SSSR count). The Bertz CT molecular complexity index is 224. The molecule has 6 heteroatoms. The van der Waals surface area contributed by atoms with E-state index in [1.54, 1.807) is 6.07 Å². The first kappa shape index (κ1) is 6.48. The Labute approximate surface area is 52.2 Å². The first-order valence-electron chi connectivity index (χ1n) is 2.28. The number of aromatic nitrogens is 2. The molecule has 4 N–H and O–H groups in total. The fourth-order valence-corrected chi connectivity index (χ4v) is 0.952. The second-order valence-corrected chi connectivity index (χ2v) is 3.35. The molecule has 5 nitrogen and oxygen atoms in total. The summed E-state index contributed by atoms with van der Waals surface area (Å²) in [5, 5.41) is 3.59. The first-order chi connectivity index (χ1) is 4.11. The monoisotopic (exact) mass is 146 g/mol. The molecule has 50 valence electrons. The van der Waals surface area contributed by atoms with Crippen molar-refractivity contribution in [1.29, 1.82) is 0 Å². The summed E-state index contributed by atoms with van der Waals surface area (Å²) >= 11 is 0. The number of rotatable bonds is 1. The van der Waals surface area contributed by atoms with Gasteiger partial charge in [0.1, 0.15) is 0 Å². The van der Waals surface area contributed by atoms with Gasteiger partial charge in [-0.3, -0.25) is 15.6 Å². The third-order valence-corrected chi connectivity index (χ3v) is 1.69. The third-order valence-electron chi connectivity index (χ3n) is 0.811. The SMILES string of the molecule is NP(N)(=O)n1cccn1. The van der Waals surface area contributed by atoms with Gasteiger partial charge in [-0.1, -0.05) is 0 Å². The lowest BCUT2D eigenvalue weighted by Gasteiger charge is -2.03. The van der Waals surface area contributed by atoms with Gasteiger partial charge in [0.25, 0.3) is 0 Å². The van der Waals surface area contributed by atoms with Crippen LogP contribution in [0.1, 0.15) is 0 Å². The van der Waals surface area contributed by atoms with Crippen molar-refractivity contribution in [1.82, 2.24) is 9.55 Å². The van der Waals surface area contributed by atoms with Gasteiger partial charge in [0.2, 0.25) is 0 Å². The summed E-state index contributed by atoms with van der Waals surface area (Å²) in [6, 6.07) is 1.60. The van der Waals surface area contributed by atoms with Gasteiger partial charge in [-0.05, 0) is 6.07 Å². The van der Waals surface area contributed by atoms with E-state index < -0.39 is 7.59 Å². The van der Waals surface area contributed by atoms with Crippen molar-refractivity contribution < 1.29 is 4.57 Å². The van der Waals surface area contributed by atoms with Crippen LogP contribution in [-0.2, 0) is 4.57 Å². The number of hydrogen-bond donors (Lipinski definition) is 2. The van der Waals surface area contributed by atoms with E-state index in [1.165, 1.54) is 12.4 Å². The van der Waals surface area contributed by atoms with Gasteiger partial charge < -0.3 is 0 Å². The summed E-state index contributed by atoms with van der Waals surface area (Å²) in [5.74, 6) is 0. The van der Waals surface area contributed by atoms with Crippen LogP contribution in [0.25, 0.3) is 0 Å². The van der Waals surface area contributed by atoms with Gasteiger partial charge in [0.15, 0.2) is 0 Å². The molecule has 0 bridgehead atoms. The summed E-state index contributed by atoms with van der Waals surface area (Å²) < 4.78 is 11.8. The molecular formula is C3H7N4OP. The summed E-state index contributed by atoms with van der Waals surface area (Å²) in [7, 11) is -3.16. The maximum atomic E-state index is 10.7. The Kier molecular flexibility index (Phi) is 1.40. The topological polar surface area (TPSA) is 86.9 Å². The highest BCUT2D eigenvalue weighted by Gasteiger charge is 2.08. The molecule has 0 aromatic carbocycles. The molecular weight excluding hydrogens is 139 g/mol. The van der Waals surface area contributed by atoms with Crippen LogP contribution in [0.2, 0.25) is 0 Å². The fraction of sp³-hybridized carbons (Fsp3) is 0. The van der Waals surface area contributed by atoms with E-state index in [4.69, 9.17) is 11.0 Å². The molecule has 1 aromatic heterocycles. The van der Waals surface area contributed by atoms with Crippen LogP contribution in [0, 0.1) is 0 Å². The van der Waals surface area contributed by atoms with Gasteiger partial charge in [-0.2, -0.15) is 9.55 Å². The van der Waals surface area contributed by atoms with Gasteiger partial charge >= 0.3 is 7.59 Å². The minimum atomic E-state index is -3.16. The molecule has 0 aliphatic rings. The lowest BCUT2D eigenvalue weighted by atomic mass is 10.8. The van der Waals surface area contributed by atoms with Crippen LogP contribution in [0.4, 0.5) is 0 Å². The Morgan fingerprint density at radius 3 is 2.44 bits per heavy atom. The molecule has 0 amide bonds. The van der Waals surface area contributed by atoms with E-state index in [0.717, 1.165) is 4.45 Å². The van der Waals surface area contributed by atoms with E-state index in [2.05, 4.69) is 5.10 Å². The van der Waals surface area contributed by atoms with Crippen LogP contribution in [0.5, 0.6) is 0 Å². The highest BCUT2D eigenvalue weighted by Crippen LogP contribution is 2.24. The van der Waals surface area contributed by atoms with Crippen LogP contribution in [0.15, 0.2) is 18.5 Å². The highest BCUT2D eigenvalue weighted by atomic mass is 31.2. The smallest absolute Gasteiger partial charge is 0.263 e. The molecule has 0 aliphatic heterocycles. The summed E-state index contributed by atoms with van der Waals surface area (Å²) in [6.07, 6.45) is 2.92. The predicted octanol–water partition coefficient (Wildman–Crippen LogP) is -0.243. The van der Waals surface area contributed by atoms with Gasteiger partial charge in [-0.15, -0.1) is 0 Å². The molecule has 0 saturated carbocycles. The number of hydrogen-bond acceptors (Lipinski definition) is 2. The zero-order chi connectivity index (χ0) is 6.91. The average Bonchev–Trinajstić information content (AvgIpc) is 2.08. The Hall–Kier alpha value is -0.640. The standard InChI is InChI=1S/C3H7N4OP/c4-9(5,8)7-3-1-2-6-7/h1-3H,(H4,4,5,8). The summed E-state index contributed by atoms with van der Waals surface area (Å²) in [4.78, 5) is 0. The average molecular weight is 146 g/mol. The van der Waals surface area contributed by atoms with Crippen molar-refractivity contribution in [3.05, 3.63) is 18.5 Å². The van der Waals surface area contributed by atoms with Gasteiger partial charge in [-0.25, -0.2) is 0 Å². The molecule has 0 spiro atoms. The molecule has 1 aromatic rings. The third kappa shape index (κ3) is 1.38. The number of nitrogens with two attached hydrogens (primary N) is 2. The summed E-state index contributed by atoms with van der Waals surface area (Å²) in [6.45, 7) is 0. The van der Waals surface area contributed by atoms with E-state index in [-0.39, 0.29) is 0 Å². The van der Waals surface area contributed by atoms with Crippen molar-refractivity contribution in [3.8, 4) is 0 Å². The normalized spacial score (nSPS) is 11.8. The molecule has 9 heavy (non-hydrogen) atoms. The number of nitrogens with zero attached hydrogens (tertiary/aromatic N) is 2. The predicted molar refractivity (Wildman–Crippen MR) is 33.6 cm³/mol. The maximum Gasteiger partial charge on any atom is 0.319 e. The lowest BCUT2D eigenvalue weighted by Crippen LogP contribution is -2.13. The van der Waals surface area contributed by atoms with Crippen LogP contribution >= 0.6 is 7.59 Å². The van der Waals surface area contributed by atoms with Crippen molar-refractivity contribution >= 4 is 7.59 Å². The quantitative estimate of drug-likeness (QED) is 0.535. The molecule has 0 saturated heterocycles. The van der Waals surface area contributed by atoms with E-state index in [9.17, 15) is 4.57 Å². The van der Waals surface area contributed by atoms with Crippen molar-refractivity contribution in [2.45, 2.75) is 0 Å². The molecule has 0 fully saturated rings.